The Morgan fingerprint density at radius 1 is 1.24 bits per heavy atom. The third kappa shape index (κ3) is 4.15. The lowest BCUT2D eigenvalue weighted by atomic mass is 10.0. The number of aliphatic hydroxyl groups excluding tert-OH is 1. The third-order valence-corrected chi connectivity index (χ3v) is 3.84. The molecular formula is C14H15ClOS. The van der Waals surface area contributed by atoms with Gasteiger partial charge in [-0.3, -0.25) is 0 Å². The number of aryl methyl sites for hydroxylation is 1. The normalized spacial score (nSPS) is 12.6. The van der Waals surface area contributed by atoms with E-state index >= 15 is 0 Å². The predicted octanol–water partition coefficient (Wildman–Crippen LogP) is 3.94. The zero-order valence-electron chi connectivity index (χ0n) is 9.47. The second-order valence-corrected chi connectivity index (χ2v) is 5.57. The summed E-state index contributed by atoms with van der Waals surface area (Å²) in [6, 6.07) is 11.8. The average molecular weight is 267 g/mol. The summed E-state index contributed by atoms with van der Waals surface area (Å²) in [7, 11) is 0. The maximum Gasteiger partial charge on any atom is 0.0584 e. The highest BCUT2D eigenvalue weighted by atomic mass is 35.5. The molecule has 0 aliphatic rings. The molecule has 1 unspecified atom stereocenters. The van der Waals surface area contributed by atoms with Gasteiger partial charge >= 0.3 is 0 Å². The largest absolute Gasteiger partial charge is 0.393 e. The maximum atomic E-state index is 9.95. The fourth-order valence-corrected chi connectivity index (χ4v) is 2.74. The van der Waals surface area contributed by atoms with E-state index in [2.05, 4.69) is 11.4 Å². The first kappa shape index (κ1) is 12.6. The number of aliphatic hydroxyl groups is 1. The van der Waals surface area contributed by atoms with Crippen LogP contribution in [-0.4, -0.2) is 11.2 Å². The van der Waals surface area contributed by atoms with Crippen molar-refractivity contribution in [1.29, 1.82) is 0 Å². The molecule has 0 saturated carbocycles. The molecule has 3 heteroatoms. The average Bonchev–Trinajstić information content (AvgIpc) is 2.79. The summed E-state index contributed by atoms with van der Waals surface area (Å²) in [6.45, 7) is 0. The summed E-state index contributed by atoms with van der Waals surface area (Å²) >= 11 is 7.65. The summed E-state index contributed by atoms with van der Waals surface area (Å²) in [4.78, 5) is 1.33. The molecule has 1 aromatic heterocycles. The second-order valence-electron chi connectivity index (χ2n) is 4.11. The zero-order chi connectivity index (χ0) is 12.1. The first-order valence-corrected chi connectivity index (χ1v) is 6.94. The SMILES string of the molecule is OC(CCc1cccs1)Cc1cccc(Cl)c1. The summed E-state index contributed by atoms with van der Waals surface area (Å²) in [5.41, 5.74) is 1.09. The molecule has 0 spiro atoms. The van der Waals surface area contributed by atoms with E-state index in [1.54, 1.807) is 11.3 Å². The van der Waals surface area contributed by atoms with Crippen LogP contribution < -0.4 is 0 Å². The van der Waals surface area contributed by atoms with E-state index in [-0.39, 0.29) is 6.10 Å². The van der Waals surface area contributed by atoms with Gasteiger partial charge in [-0.25, -0.2) is 0 Å². The van der Waals surface area contributed by atoms with Gasteiger partial charge in [0.25, 0.3) is 0 Å². The highest BCUT2D eigenvalue weighted by molar-refractivity contribution is 7.09. The molecule has 0 radical (unpaired) electrons. The molecule has 2 aromatic rings. The van der Waals surface area contributed by atoms with E-state index in [1.807, 2.05) is 30.3 Å². The summed E-state index contributed by atoms with van der Waals surface area (Å²) < 4.78 is 0. The first-order valence-electron chi connectivity index (χ1n) is 5.69. The molecule has 1 nitrogen and oxygen atoms in total. The Bertz CT molecular complexity index is 453. The van der Waals surface area contributed by atoms with Crippen molar-refractivity contribution in [2.24, 2.45) is 0 Å². The van der Waals surface area contributed by atoms with E-state index in [4.69, 9.17) is 11.6 Å². The molecular weight excluding hydrogens is 252 g/mol. The Hall–Kier alpha value is -0.830. The van der Waals surface area contributed by atoms with Crippen molar-refractivity contribution < 1.29 is 5.11 Å². The standard InChI is InChI=1S/C14H15ClOS/c15-12-4-1-3-11(9-12)10-13(16)6-7-14-5-2-8-17-14/h1-5,8-9,13,16H,6-7,10H2. The summed E-state index contributed by atoms with van der Waals surface area (Å²) in [5, 5.41) is 12.8. The van der Waals surface area contributed by atoms with Crippen molar-refractivity contribution in [1.82, 2.24) is 0 Å². The van der Waals surface area contributed by atoms with Gasteiger partial charge in [0, 0.05) is 9.90 Å². The quantitative estimate of drug-likeness (QED) is 0.869. The molecule has 0 amide bonds. The Morgan fingerprint density at radius 3 is 2.82 bits per heavy atom. The number of hydrogen-bond acceptors (Lipinski definition) is 2. The van der Waals surface area contributed by atoms with Crippen LogP contribution in [0.1, 0.15) is 16.9 Å². The van der Waals surface area contributed by atoms with Gasteiger partial charge in [0.1, 0.15) is 0 Å². The van der Waals surface area contributed by atoms with Gasteiger partial charge in [0.15, 0.2) is 0 Å². The molecule has 0 fully saturated rings. The molecule has 17 heavy (non-hydrogen) atoms. The van der Waals surface area contributed by atoms with Crippen LogP contribution in [0.3, 0.4) is 0 Å². The Kier molecular flexibility index (Phi) is 4.60. The molecule has 0 aliphatic carbocycles. The Morgan fingerprint density at radius 2 is 2.12 bits per heavy atom. The molecule has 90 valence electrons. The number of rotatable bonds is 5. The van der Waals surface area contributed by atoms with Crippen LogP contribution in [-0.2, 0) is 12.8 Å². The van der Waals surface area contributed by atoms with Crippen LogP contribution in [0.2, 0.25) is 5.02 Å². The molecule has 0 bridgehead atoms. The van der Waals surface area contributed by atoms with E-state index < -0.39 is 0 Å². The van der Waals surface area contributed by atoms with Crippen molar-refractivity contribution in [2.75, 3.05) is 0 Å². The van der Waals surface area contributed by atoms with E-state index in [9.17, 15) is 5.11 Å². The van der Waals surface area contributed by atoms with Crippen LogP contribution in [0.25, 0.3) is 0 Å². The highest BCUT2D eigenvalue weighted by Crippen LogP contribution is 2.16. The smallest absolute Gasteiger partial charge is 0.0584 e. The number of halogens is 1. The van der Waals surface area contributed by atoms with Gasteiger partial charge in [-0.05, 0) is 48.4 Å². The Balaban J connectivity index is 1.83. The van der Waals surface area contributed by atoms with Crippen LogP contribution in [0.5, 0.6) is 0 Å². The number of benzene rings is 1. The molecule has 1 N–H and O–H groups in total. The third-order valence-electron chi connectivity index (χ3n) is 2.66. The van der Waals surface area contributed by atoms with Crippen molar-refractivity contribution in [2.45, 2.75) is 25.4 Å². The van der Waals surface area contributed by atoms with Crippen LogP contribution in [0.15, 0.2) is 41.8 Å². The summed E-state index contributed by atoms with van der Waals surface area (Å²) in [5.74, 6) is 0. The van der Waals surface area contributed by atoms with Crippen LogP contribution in [0.4, 0.5) is 0 Å². The second kappa shape index (κ2) is 6.20. The topological polar surface area (TPSA) is 20.2 Å². The number of hydrogen-bond donors (Lipinski definition) is 1. The van der Waals surface area contributed by atoms with Gasteiger partial charge in [-0.15, -0.1) is 11.3 Å². The van der Waals surface area contributed by atoms with E-state index in [0.29, 0.717) is 6.42 Å². The lowest BCUT2D eigenvalue weighted by Crippen LogP contribution is -2.11. The van der Waals surface area contributed by atoms with Crippen molar-refractivity contribution >= 4 is 22.9 Å². The molecule has 2 rings (SSSR count). The zero-order valence-corrected chi connectivity index (χ0v) is 11.0. The monoisotopic (exact) mass is 266 g/mol. The minimum absolute atomic E-state index is 0.296. The first-order chi connectivity index (χ1) is 8.24. The van der Waals surface area contributed by atoms with E-state index in [0.717, 1.165) is 23.4 Å². The van der Waals surface area contributed by atoms with Gasteiger partial charge in [0.2, 0.25) is 0 Å². The van der Waals surface area contributed by atoms with Crippen molar-refractivity contribution in [3.8, 4) is 0 Å². The molecule has 1 heterocycles. The van der Waals surface area contributed by atoms with Crippen molar-refractivity contribution in [3.63, 3.8) is 0 Å². The van der Waals surface area contributed by atoms with Crippen LogP contribution >= 0.6 is 22.9 Å². The van der Waals surface area contributed by atoms with Gasteiger partial charge in [-0.2, -0.15) is 0 Å². The number of thiophene rings is 1. The molecule has 0 aliphatic heterocycles. The van der Waals surface area contributed by atoms with E-state index in [1.165, 1.54) is 4.88 Å². The van der Waals surface area contributed by atoms with Crippen LogP contribution in [0, 0.1) is 0 Å². The van der Waals surface area contributed by atoms with Gasteiger partial charge in [0.05, 0.1) is 6.10 Å². The fourth-order valence-electron chi connectivity index (χ4n) is 1.80. The maximum absolute atomic E-state index is 9.95. The lowest BCUT2D eigenvalue weighted by Gasteiger charge is -2.10. The molecule has 1 atom stereocenters. The minimum atomic E-state index is -0.296. The molecule has 0 saturated heterocycles. The summed E-state index contributed by atoms with van der Waals surface area (Å²) in [6.07, 6.45) is 2.12. The lowest BCUT2D eigenvalue weighted by molar-refractivity contribution is 0.165. The Labute approximate surface area is 111 Å². The highest BCUT2D eigenvalue weighted by Gasteiger charge is 2.06. The minimum Gasteiger partial charge on any atom is -0.393 e. The van der Waals surface area contributed by atoms with Crippen molar-refractivity contribution in [3.05, 3.63) is 57.2 Å². The van der Waals surface area contributed by atoms with Gasteiger partial charge < -0.3 is 5.11 Å². The van der Waals surface area contributed by atoms with Gasteiger partial charge in [-0.1, -0.05) is 29.8 Å². The predicted molar refractivity (Wildman–Crippen MR) is 73.8 cm³/mol. The fraction of sp³-hybridized carbons (Fsp3) is 0.286. The molecule has 1 aromatic carbocycles.